The average molecular weight is 367 g/mol. The summed E-state index contributed by atoms with van der Waals surface area (Å²) in [7, 11) is 2.93. The Labute approximate surface area is 152 Å². The molecule has 1 aromatic rings. The van der Waals surface area contributed by atoms with Gasteiger partial charge in [0.2, 0.25) is 5.78 Å². The van der Waals surface area contributed by atoms with Gasteiger partial charge in [-0.1, -0.05) is 0 Å². The van der Waals surface area contributed by atoms with E-state index in [1.165, 1.54) is 20.3 Å². The minimum Gasteiger partial charge on any atom is -0.497 e. The lowest BCUT2D eigenvalue weighted by Gasteiger charge is -2.19. The summed E-state index contributed by atoms with van der Waals surface area (Å²) >= 11 is 0. The fourth-order valence-corrected chi connectivity index (χ4v) is 1.91. The van der Waals surface area contributed by atoms with Crippen molar-refractivity contribution in [2.75, 3.05) is 27.4 Å². The monoisotopic (exact) mass is 367 g/mol. The summed E-state index contributed by atoms with van der Waals surface area (Å²) in [6, 6.07) is 4.72. The van der Waals surface area contributed by atoms with Crippen LogP contribution in [0.5, 0.6) is 11.5 Å². The number of carbonyl (C=O) groups is 3. The number of benzene rings is 1. The predicted octanol–water partition coefficient (Wildman–Crippen LogP) is 2.34. The topological polar surface area (TPSA) is 100 Å². The van der Waals surface area contributed by atoms with Crippen LogP contribution < -0.4 is 14.8 Å². The first-order valence-electron chi connectivity index (χ1n) is 8.04. The van der Waals surface area contributed by atoms with Crippen molar-refractivity contribution in [3.05, 3.63) is 23.8 Å². The van der Waals surface area contributed by atoms with Crippen LogP contribution in [0.2, 0.25) is 0 Å². The van der Waals surface area contributed by atoms with Gasteiger partial charge >= 0.3 is 12.1 Å². The Balaban J connectivity index is 2.43. The number of nitrogens with one attached hydrogen (secondary N) is 1. The standard InChI is InChI=1S/C18H25NO7/c1-18(2,3)26-17(22)19-9-8-16(21)25-11-14(20)13-7-6-12(23-4)10-15(13)24-5/h6-7,10H,8-9,11H2,1-5H3,(H,19,22). The number of hydrogen-bond acceptors (Lipinski definition) is 7. The smallest absolute Gasteiger partial charge is 0.407 e. The highest BCUT2D eigenvalue weighted by atomic mass is 16.6. The van der Waals surface area contributed by atoms with Gasteiger partial charge in [0, 0.05) is 12.6 Å². The number of hydrogen-bond donors (Lipinski definition) is 1. The molecule has 0 spiro atoms. The van der Waals surface area contributed by atoms with Gasteiger partial charge in [-0.2, -0.15) is 0 Å². The average Bonchev–Trinajstić information content (AvgIpc) is 2.57. The van der Waals surface area contributed by atoms with Gasteiger partial charge in [-0.25, -0.2) is 4.79 Å². The van der Waals surface area contributed by atoms with E-state index in [9.17, 15) is 14.4 Å². The summed E-state index contributed by atoms with van der Waals surface area (Å²) in [5.74, 6) is -0.138. The fourth-order valence-electron chi connectivity index (χ4n) is 1.91. The van der Waals surface area contributed by atoms with E-state index < -0.39 is 30.1 Å². The van der Waals surface area contributed by atoms with Gasteiger partial charge in [0.05, 0.1) is 26.2 Å². The largest absolute Gasteiger partial charge is 0.497 e. The minimum absolute atomic E-state index is 0.0494. The number of carbonyl (C=O) groups excluding carboxylic acids is 3. The zero-order chi connectivity index (χ0) is 19.7. The van der Waals surface area contributed by atoms with Crippen LogP contribution in [-0.4, -0.2) is 50.8 Å². The van der Waals surface area contributed by atoms with Crippen LogP contribution in [-0.2, 0) is 14.3 Å². The molecule has 0 aliphatic rings. The number of methoxy groups -OCH3 is 2. The van der Waals surface area contributed by atoms with Gasteiger partial charge in [0.15, 0.2) is 6.61 Å². The molecule has 0 unspecified atom stereocenters. The van der Waals surface area contributed by atoms with Crippen molar-refractivity contribution in [1.29, 1.82) is 0 Å². The normalized spacial score (nSPS) is 10.7. The van der Waals surface area contributed by atoms with Crippen LogP contribution in [0.15, 0.2) is 18.2 Å². The molecule has 8 heteroatoms. The predicted molar refractivity (Wildman–Crippen MR) is 93.7 cm³/mol. The van der Waals surface area contributed by atoms with E-state index in [2.05, 4.69) is 5.32 Å². The molecule has 1 N–H and O–H groups in total. The first-order valence-corrected chi connectivity index (χ1v) is 8.04. The molecule has 144 valence electrons. The highest BCUT2D eigenvalue weighted by Gasteiger charge is 2.17. The van der Waals surface area contributed by atoms with E-state index in [1.54, 1.807) is 32.9 Å². The van der Waals surface area contributed by atoms with Crippen molar-refractivity contribution >= 4 is 17.8 Å². The molecular weight excluding hydrogens is 342 g/mol. The van der Waals surface area contributed by atoms with Gasteiger partial charge in [-0.15, -0.1) is 0 Å². The molecule has 0 aromatic heterocycles. The van der Waals surface area contributed by atoms with Crippen LogP contribution in [0.3, 0.4) is 0 Å². The SMILES string of the molecule is COc1ccc(C(=O)COC(=O)CCNC(=O)OC(C)(C)C)c(OC)c1. The summed E-state index contributed by atoms with van der Waals surface area (Å²) in [5.41, 5.74) is -0.331. The van der Waals surface area contributed by atoms with Crippen molar-refractivity contribution in [3.63, 3.8) is 0 Å². The third-order valence-electron chi connectivity index (χ3n) is 3.07. The van der Waals surface area contributed by atoms with E-state index in [1.807, 2.05) is 0 Å². The van der Waals surface area contributed by atoms with Gasteiger partial charge in [-0.3, -0.25) is 9.59 Å². The number of ether oxygens (including phenoxy) is 4. The summed E-state index contributed by atoms with van der Waals surface area (Å²) in [5, 5.41) is 2.44. The number of esters is 1. The lowest BCUT2D eigenvalue weighted by atomic mass is 10.1. The van der Waals surface area contributed by atoms with Crippen molar-refractivity contribution in [3.8, 4) is 11.5 Å². The second kappa shape index (κ2) is 9.65. The van der Waals surface area contributed by atoms with Crippen LogP contribution >= 0.6 is 0 Å². The Morgan fingerprint density at radius 3 is 2.35 bits per heavy atom. The molecule has 0 fully saturated rings. The van der Waals surface area contributed by atoms with Crippen LogP contribution in [0.1, 0.15) is 37.6 Å². The van der Waals surface area contributed by atoms with E-state index in [4.69, 9.17) is 18.9 Å². The molecule has 0 saturated carbocycles. The Hall–Kier alpha value is -2.77. The first kappa shape index (κ1) is 21.3. The van der Waals surface area contributed by atoms with Gasteiger partial charge < -0.3 is 24.3 Å². The minimum atomic E-state index is -0.621. The molecule has 0 atom stereocenters. The second-order valence-electron chi connectivity index (χ2n) is 6.33. The van der Waals surface area contributed by atoms with E-state index in [0.29, 0.717) is 11.5 Å². The summed E-state index contributed by atoms with van der Waals surface area (Å²) in [6.07, 6.45) is -0.698. The second-order valence-corrected chi connectivity index (χ2v) is 6.33. The number of rotatable bonds is 8. The summed E-state index contributed by atoms with van der Waals surface area (Å²) in [4.78, 5) is 35.3. The van der Waals surface area contributed by atoms with Crippen LogP contribution in [0, 0.1) is 0 Å². The fraction of sp³-hybridized carbons (Fsp3) is 0.500. The third-order valence-corrected chi connectivity index (χ3v) is 3.07. The van der Waals surface area contributed by atoms with E-state index in [-0.39, 0.29) is 18.5 Å². The number of ketones is 1. The molecule has 0 aliphatic carbocycles. The molecule has 1 rings (SSSR count). The number of amides is 1. The molecular formula is C18H25NO7. The molecule has 1 amide bonds. The van der Waals surface area contributed by atoms with Gasteiger partial charge in [-0.05, 0) is 32.9 Å². The molecule has 0 radical (unpaired) electrons. The Morgan fingerprint density at radius 1 is 1.08 bits per heavy atom. The summed E-state index contributed by atoms with van der Waals surface area (Å²) < 4.78 is 20.2. The van der Waals surface area contributed by atoms with Crippen LogP contribution in [0.4, 0.5) is 4.79 Å². The maximum atomic E-state index is 12.2. The molecule has 0 bridgehead atoms. The van der Waals surface area contributed by atoms with Gasteiger partial charge in [0.1, 0.15) is 17.1 Å². The molecule has 1 aromatic carbocycles. The maximum absolute atomic E-state index is 12.2. The van der Waals surface area contributed by atoms with Crippen molar-refractivity contribution < 1.29 is 33.3 Å². The van der Waals surface area contributed by atoms with Crippen LogP contribution in [0.25, 0.3) is 0 Å². The highest BCUT2D eigenvalue weighted by Crippen LogP contribution is 2.24. The van der Waals surface area contributed by atoms with Crippen molar-refractivity contribution in [1.82, 2.24) is 5.32 Å². The Bertz CT molecular complexity index is 649. The third kappa shape index (κ3) is 7.42. The van der Waals surface area contributed by atoms with Crippen molar-refractivity contribution in [2.45, 2.75) is 32.8 Å². The van der Waals surface area contributed by atoms with E-state index in [0.717, 1.165) is 0 Å². The van der Waals surface area contributed by atoms with Crippen molar-refractivity contribution in [2.24, 2.45) is 0 Å². The van der Waals surface area contributed by atoms with Gasteiger partial charge in [0.25, 0.3) is 0 Å². The Kier molecular flexibility index (Phi) is 7.89. The number of alkyl carbamates (subject to hydrolysis) is 1. The molecule has 0 heterocycles. The Morgan fingerprint density at radius 2 is 1.77 bits per heavy atom. The highest BCUT2D eigenvalue weighted by molar-refractivity contribution is 6.00. The molecule has 0 aliphatic heterocycles. The zero-order valence-corrected chi connectivity index (χ0v) is 15.7. The number of Topliss-reactive ketones (excluding diaryl/α,β-unsaturated/α-hetero) is 1. The molecule has 8 nitrogen and oxygen atoms in total. The maximum Gasteiger partial charge on any atom is 0.407 e. The summed E-state index contributed by atoms with van der Waals surface area (Å²) in [6.45, 7) is 4.83. The lowest BCUT2D eigenvalue weighted by molar-refractivity contribution is -0.142. The first-order chi connectivity index (χ1) is 12.2. The quantitative estimate of drug-likeness (QED) is 0.556. The lowest BCUT2D eigenvalue weighted by Crippen LogP contribution is -2.33. The molecule has 0 saturated heterocycles. The zero-order valence-electron chi connectivity index (χ0n) is 15.7. The molecule has 26 heavy (non-hydrogen) atoms. The van der Waals surface area contributed by atoms with E-state index >= 15 is 0 Å².